The van der Waals surface area contributed by atoms with Gasteiger partial charge in [0.05, 0.1) is 0 Å². The second-order valence-corrected chi connectivity index (χ2v) is 8.79. The lowest BCUT2D eigenvalue weighted by Gasteiger charge is -2.31. The summed E-state index contributed by atoms with van der Waals surface area (Å²) >= 11 is 0. The van der Waals surface area contributed by atoms with Gasteiger partial charge in [-0.25, -0.2) is 0 Å². The molecule has 0 amide bonds. The smallest absolute Gasteiger partial charge is 0.123 e. The Morgan fingerprint density at radius 1 is 0.833 bits per heavy atom. The van der Waals surface area contributed by atoms with Crippen molar-refractivity contribution in [3.8, 4) is 11.5 Å². The van der Waals surface area contributed by atoms with Gasteiger partial charge in [-0.1, -0.05) is 59.7 Å². The van der Waals surface area contributed by atoms with Crippen molar-refractivity contribution in [2.24, 2.45) is 0 Å². The molecule has 2 nitrogen and oxygen atoms in total. The number of hydrogen-bond donors (Lipinski definition) is 2. The predicted octanol–water partition coefficient (Wildman–Crippen LogP) is 5.59. The SMILES string of the molecule is Cc1cc(C(C)(C)C)c(O)c(C(C)(C)C)c1Cc1ccc(O)cc1. The first-order valence-corrected chi connectivity index (χ1v) is 8.55. The van der Waals surface area contributed by atoms with Crippen LogP contribution < -0.4 is 0 Å². The molecule has 0 aliphatic heterocycles. The van der Waals surface area contributed by atoms with E-state index in [0.29, 0.717) is 5.75 Å². The maximum atomic E-state index is 11.0. The van der Waals surface area contributed by atoms with Crippen LogP contribution in [-0.4, -0.2) is 10.2 Å². The van der Waals surface area contributed by atoms with Gasteiger partial charge in [0.2, 0.25) is 0 Å². The second kappa shape index (κ2) is 6.16. The Hall–Kier alpha value is -1.96. The second-order valence-electron chi connectivity index (χ2n) is 8.79. The van der Waals surface area contributed by atoms with Crippen molar-refractivity contribution < 1.29 is 10.2 Å². The molecular formula is C22H30O2. The lowest BCUT2D eigenvalue weighted by Crippen LogP contribution is -2.20. The molecule has 0 unspecified atom stereocenters. The molecule has 0 heterocycles. The highest BCUT2D eigenvalue weighted by atomic mass is 16.3. The zero-order valence-electron chi connectivity index (χ0n) is 16.0. The third-order valence-electron chi connectivity index (χ3n) is 4.51. The van der Waals surface area contributed by atoms with Crippen LogP contribution in [0.4, 0.5) is 0 Å². The lowest BCUT2D eigenvalue weighted by molar-refractivity contribution is 0.421. The van der Waals surface area contributed by atoms with Crippen molar-refractivity contribution in [2.45, 2.75) is 65.7 Å². The van der Waals surface area contributed by atoms with Crippen molar-refractivity contribution >= 4 is 0 Å². The van der Waals surface area contributed by atoms with Crippen molar-refractivity contribution in [2.75, 3.05) is 0 Å². The van der Waals surface area contributed by atoms with Crippen LogP contribution >= 0.6 is 0 Å². The van der Waals surface area contributed by atoms with Gasteiger partial charge in [0.25, 0.3) is 0 Å². The van der Waals surface area contributed by atoms with Crippen LogP contribution in [0.2, 0.25) is 0 Å². The molecule has 2 aromatic carbocycles. The maximum Gasteiger partial charge on any atom is 0.123 e. The Balaban J connectivity index is 2.66. The Kier molecular flexibility index (Phi) is 4.72. The van der Waals surface area contributed by atoms with Gasteiger partial charge in [0.15, 0.2) is 0 Å². The van der Waals surface area contributed by atoms with E-state index in [4.69, 9.17) is 0 Å². The fraction of sp³-hybridized carbons (Fsp3) is 0.455. The summed E-state index contributed by atoms with van der Waals surface area (Å²) in [6.45, 7) is 15.0. The average molecular weight is 326 g/mol. The van der Waals surface area contributed by atoms with Gasteiger partial charge in [-0.05, 0) is 58.6 Å². The van der Waals surface area contributed by atoms with Crippen molar-refractivity contribution in [3.05, 3.63) is 58.1 Å². The molecule has 0 aromatic heterocycles. The fourth-order valence-electron chi connectivity index (χ4n) is 3.27. The van der Waals surface area contributed by atoms with Gasteiger partial charge >= 0.3 is 0 Å². The highest BCUT2D eigenvalue weighted by molar-refractivity contribution is 5.56. The van der Waals surface area contributed by atoms with Crippen molar-refractivity contribution in [1.29, 1.82) is 0 Å². The van der Waals surface area contributed by atoms with Crippen LogP contribution in [0.5, 0.6) is 11.5 Å². The van der Waals surface area contributed by atoms with Crippen molar-refractivity contribution in [3.63, 3.8) is 0 Å². The van der Waals surface area contributed by atoms with E-state index in [1.807, 2.05) is 12.1 Å². The van der Waals surface area contributed by atoms with E-state index < -0.39 is 0 Å². The summed E-state index contributed by atoms with van der Waals surface area (Å²) in [6, 6.07) is 9.43. The van der Waals surface area contributed by atoms with E-state index in [1.54, 1.807) is 12.1 Å². The first-order chi connectivity index (χ1) is 10.9. The predicted molar refractivity (Wildman–Crippen MR) is 101 cm³/mol. The highest BCUT2D eigenvalue weighted by Gasteiger charge is 2.29. The van der Waals surface area contributed by atoms with Gasteiger partial charge in [0.1, 0.15) is 11.5 Å². The molecule has 130 valence electrons. The van der Waals surface area contributed by atoms with Gasteiger partial charge in [0, 0.05) is 5.56 Å². The third-order valence-corrected chi connectivity index (χ3v) is 4.51. The molecule has 2 N–H and O–H groups in total. The van der Waals surface area contributed by atoms with E-state index in [9.17, 15) is 10.2 Å². The number of phenolic OH excluding ortho intramolecular Hbond substituents is 2. The van der Waals surface area contributed by atoms with Crippen LogP contribution in [0, 0.1) is 6.92 Å². The summed E-state index contributed by atoms with van der Waals surface area (Å²) in [6.07, 6.45) is 0.747. The number of aryl methyl sites for hydroxylation is 1. The summed E-state index contributed by atoms with van der Waals surface area (Å²) in [5.74, 6) is 0.701. The Morgan fingerprint density at radius 2 is 1.38 bits per heavy atom. The molecule has 0 spiro atoms. The largest absolute Gasteiger partial charge is 0.508 e. The minimum atomic E-state index is -0.150. The maximum absolute atomic E-state index is 11.0. The number of hydrogen-bond acceptors (Lipinski definition) is 2. The van der Waals surface area contributed by atoms with E-state index in [-0.39, 0.29) is 16.6 Å². The summed E-state index contributed by atoms with van der Waals surface area (Å²) < 4.78 is 0. The molecule has 0 bridgehead atoms. The molecule has 0 saturated heterocycles. The summed E-state index contributed by atoms with van der Waals surface area (Å²) in [4.78, 5) is 0. The Labute approximate surface area is 146 Å². The van der Waals surface area contributed by atoms with Crippen LogP contribution in [0.15, 0.2) is 30.3 Å². The zero-order chi connectivity index (χ0) is 18.3. The summed E-state index contributed by atoms with van der Waals surface area (Å²) in [5.41, 5.74) is 5.28. The number of phenols is 2. The highest BCUT2D eigenvalue weighted by Crippen LogP contribution is 2.43. The standard InChI is InChI=1S/C22H30O2/c1-14-12-18(21(2,3)4)20(24)19(22(5,6)7)17(14)13-15-8-10-16(23)11-9-15/h8-12,23-24H,13H2,1-7H3. The molecular weight excluding hydrogens is 296 g/mol. The Bertz CT molecular complexity index is 727. The molecule has 0 aliphatic carbocycles. The molecule has 2 rings (SSSR count). The first-order valence-electron chi connectivity index (χ1n) is 8.55. The van der Waals surface area contributed by atoms with Crippen LogP contribution in [0.3, 0.4) is 0 Å². The number of aromatic hydroxyl groups is 2. The van der Waals surface area contributed by atoms with E-state index >= 15 is 0 Å². The van der Waals surface area contributed by atoms with Crippen LogP contribution in [0.25, 0.3) is 0 Å². The molecule has 2 heteroatoms. The molecule has 0 aliphatic rings. The molecule has 0 atom stereocenters. The minimum Gasteiger partial charge on any atom is -0.508 e. The quantitative estimate of drug-likeness (QED) is 0.755. The van der Waals surface area contributed by atoms with Crippen LogP contribution in [0.1, 0.15) is 69.4 Å². The first kappa shape index (κ1) is 18.4. The molecule has 24 heavy (non-hydrogen) atoms. The van der Waals surface area contributed by atoms with E-state index in [0.717, 1.165) is 23.1 Å². The zero-order valence-corrected chi connectivity index (χ0v) is 16.0. The molecule has 0 radical (unpaired) electrons. The number of rotatable bonds is 2. The molecule has 2 aromatic rings. The van der Waals surface area contributed by atoms with Crippen LogP contribution in [-0.2, 0) is 17.3 Å². The molecule has 0 saturated carbocycles. The van der Waals surface area contributed by atoms with Gasteiger partial charge in [-0.3, -0.25) is 0 Å². The number of benzene rings is 2. The van der Waals surface area contributed by atoms with Gasteiger partial charge in [-0.2, -0.15) is 0 Å². The monoisotopic (exact) mass is 326 g/mol. The topological polar surface area (TPSA) is 40.5 Å². The summed E-state index contributed by atoms with van der Waals surface area (Å²) in [7, 11) is 0. The summed E-state index contributed by atoms with van der Waals surface area (Å²) in [5, 5.41) is 20.5. The normalized spacial score (nSPS) is 12.5. The van der Waals surface area contributed by atoms with Crippen molar-refractivity contribution in [1.82, 2.24) is 0 Å². The fourth-order valence-corrected chi connectivity index (χ4v) is 3.27. The van der Waals surface area contributed by atoms with E-state index in [1.165, 1.54) is 11.1 Å². The van der Waals surface area contributed by atoms with Gasteiger partial charge in [-0.15, -0.1) is 0 Å². The minimum absolute atomic E-state index is 0.105. The van der Waals surface area contributed by atoms with E-state index in [2.05, 4.69) is 54.5 Å². The molecule has 0 fully saturated rings. The third kappa shape index (κ3) is 3.75. The van der Waals surface area contributed by atoms with Gasteiger partial charge < -0.3 is 10.2 Å². The lowest BCUT2D eigenvalue weighted by atomic mass is 9.75. The Morgan fingerprint density at radius 3 is 1.83 bits per heavy atom. The average Bonchev–Trinajstić information content (AvgIpc) is 2.42.